The van der Waals surface area contributed by atoms with Crippen molar-refractivity contribution in [2.45, 2.75) is 32.6 Å². The largest absolute Gasteiger partial charge is 0.342 e. The Labute approximate surface area is 105 Å². The molecule has 2 N–H and O–H groups in total. The monoisotopic (exact) mass is 243 g/mol. The van der Waals surface area contributed by atoms with Crippen LogP contribution in [0.1, 0.15) is 37.6 Å². The summed E-state index contributed by atoms with van der Waals surface area (Å²) in [6, 6.07) is 3.46. The van der Waals surface area contributed by atoms with E-state index in [2.05, 4.69) is 28.8 Å². The fourth-order valence-electron chi connectivity index (χ4n) is 2.86. The highest BCUT2D eigenvalue weighted by Crippen LogP contribution is 2.34. The summed E-state index contributed by atoms with van der Waals surface area (Å²) >= 11 is 0. The molecule has 2 aromatic heterocycles. The summed E-state index contributed by atoms with van der Waals surface area (Å²) in [6.45, 7) is 4.49. The number of imidazole rings is 1. The van der Waals surface area contributed by atoms with Gasteiger partial charge in [-0.25, -0.2) is 4.98 Å². The van der Waals surface area contributed by atoms with E-state index in [4.69, 9.17) is 0 Å². The number of nitrogens with one attached hydrogen (secondary N) is 2. The lowest BCUT2D eigenvalue weighted by molar-refractivity contribution is 0.440. The van der Waals surface area contributed by atoms with Gasteiger partial charge in [-0.1, -0.05) is 13.8 Å². The van der Waals surface area contributed by atoms with Crippen LogP contribution in [0.25, 0.3) is 11.4 Å². The van der Waals surface area contributed by atoms with Gasteiger partial charge < -0.3 is 9.97 Å². The number of rotatable bonds is 1. The second kappa shape index (κ2) is 4.12. The van der Waals surface area contributed by atoms with Gasteiger partial charge in [0.05, 0.1) is 5.69 Å². The molecule has 2 unspecified atom stereocenters. The summed E-state index contributed by atoms with van der Waals surface area (Å²) in [5, 5.41) is 0. The number of aromatic amines is 2. The van der Waals surface area contributed by atoms with E-state index in [0.29, 0.717) is 11.8 Å². The summed E-state index contributed by atoms with van der Waals surface area (Å²) < 4.78 is 0. The van der Waals surface area contributed by atoms with Gasteiger partial charge in [-0.05, 0) is 24.8 Å². The van der Waals surface area contributed by atoms with Crippen molar-refractivity contribution < 1.29 is 0 Å². The van der Waals surface area contributed by atoms with Gasteiger partial charge >= 0.3 is 0 Å². The SMILES string of the molecule is CC1Cc2[nH]c(-c3cc[nH]c(=O)c3)nc2C(C)C1. The Morgan fingerprint density at radius 1 is 1.39 bits per heavy atom. The predicted molar refractivity (Wildman–Crippen MR) is 70.5 cm³/mol. The van der Waals surface area contributed by atoms with Crippen LogP contribution in [0.4, 0.5) is 0 Å². The molecule has 94 valence electrons. The lowest BCUT2D eigenvalue weighted by atomic mass is 9.84. The fraction of sp³-hybridized carbons (Fsp3) is 0.429. The third-order valence-corrected chi connectivity index (χ3v) is 3.63. The molecule has 0 saturated carbocycles. The Kier molecular flexibility index (Phi) is 2.58. The Balaban J connectivity index is 2.06. The summed E-state index contributed by atoms with van der Waals surface area (Å²) in [4.78, 5) is 22.0. The van der Waals surface area contributed by atoms with Crippen LogP contribution in [0, 0.1) is 5.92 Å². The molecule has 1 aliphatic rings. The molecule has 2 aromatic rings. The molecule has 0 aromatic carbocycles. The van der Waals surface area contributed by atoms with Crippen LogP contribution < -0.4 is 5.56 Å². The normalized spacial score (nSPS) is 22.8. The van der Waals surface area contributed by atoms with Gasteiger partial charge in [-0.3, -0.25) is 4.79 Å². The smallest absolute Gasteiger partial charge is 0.248 e. The predicted octanol–water partition coefficient (Wildman–Crippen LogP) is 2.45. The molecule has 0 aliphatic heterocycles. The van der Waals surface area contributed by atoms with Gasteiger partial charge in [0.2, 0.25) is 5.56 Å². The zero-order valence-corrected chi connectivity index (χ0v) is 10.7. The van der Waals surface area contributed by atoms with Crippen LogP contribution in [0.15, 0.2) is 23.1 Å². The molecular weight excluding hydrogens is 226 g/mol. The Hall–Kier alpha value is -1.84. The zero-order chi connectivity index (χ0) is 12.7. The van der Waals surface area contributed by atoms with E-state index in [-0.39, 0.29) is 5.56 Å². The highest BCUT2D eigenvalue weighted by molar-refractivity contribution is 5.55. The number of hydrogen-bond donors (Lipinski definition) is 2. The molecule has 1 aliphatic carbocycles. The molecule has 4 nitrogen and oxygen atoms in total. The van der Waals surface area contributed by atoms with Crippen molar-refractivity contribution in [1.29, 1.82) is 0 Å². The Morgan fingerprint density at radius 3 is 3.00 bits per heavy atom. The van der Waals surface area contributed by atoms with Crippen LogP contribution >= 0.6 is 0 Å². The number of pyridine rings is 1. The molecule has 2 heterocycles. The minimum atomic E-state index is -0.0942. The zero-order valence-electron chi connectivity index (χ0n) is 10.7. The molecule has 0 bridgehead atoms. The van der Waals surface area contributed by atoms with Crippen molar-refractivity contribution in [3.05, 3.63) is 40.1 Å². The van der Waals surface area contributed by atoms with Crippen molar-refractivity contribution in [1.82, 2.24) is 15.0 Å². The first-order valence-electron chi connectivity index (χ1n) is 6.41. The molecule has 4 heteroatoms. The highest BCUT2D eigenvalue weighted by Gasteiger charge is 2.25. The maximum Gasteiger partial charge on any atom is 0.248 e. The molecule has 0 radical (unpaired) electrons. The maximum absolute atomic E-state index is 11.3. The van der Waals surface area contributed by atoms with Crippen LogP contribution in [0.5, 0.6) is 0 Å². The van der Waals surface area contributed by atoms with E-state index >= 15 is 0 Å². The molecule has 3 rings (SSSR count). The molecular formula is C14H17N3O. The lowest BCUT2D eigenvalue weighted by Gasteiger charge is -2.22. The van der Waals surface area contributed by atoms with E-state index in [0.717, 1.165) is 17.8 Å². The average molecular weight is 243 g/mol. The van der Waals surface area contributed by atoms with Gasteiger partial charge in [0.25, 0.3) is 0 Å². The van der Waals surface area contributed by atoms with Gasteiger partial charge in [0.15, 0.2) is 0 Å². The number of nitrogens with zero attached hydrogens (tertiary/aromatic N) is 1. The number of aromatic nitrogens is 3. The summed E-state index contributed by atoms with van der Waals surface area (Å²) in [5.41, 5.74) is 3.16. The third-order valence-electron chi connectivity index (χ3n) is 3.63. The van der Waals surface area contributed by atoms with E-state index in [9.17, 15) is 4.79 Å². The quantitative estimate of drug-likeness (QED) is 0.808. The first-order valence-corrected chi connectivity index (χ1v) is 6.41. The molecule has 0 spiro atoms. The average Bonchev–Trinajstić information content (AvgIpc) is 2.73. The fourth-order valence-corrected chi connectivity index (χ4v) is 2.86. The first kappa shape index (κ1) is 11.3. The van der Waals surface area contributed by atoms with Crippen molar-refractivity contribution in [2.24, 2.45) is 5.92 Å². The third kappa shape index (κ3) is 1.88. The van der Waals surface area contributed by atoms with Gasteiger partial charge in [0.1, 0.15) is 5.82 Å². The minimum Gasteiger partial charge on any atom is -0.342 e. The van der Waals surface area contributed by atoms with E-state index < -0.39 is 0 Å². The van der Waals surface area contributed by atoms with Crippen molar-refractivity contribution >= 4 is 0 Å². The van der Waals surface area contributed by atoms with Gasteiger partial charge in [0, 0.05) is 29.4 Å². The Morgan fingerprint density at radius 2 is 2.22 bits per heavy atom. The standard InChI is InChI=1S/C14H17N3O/c1-8-5-9(2)13-11(6-8)16-14(17-13)10-3-4-15-12(18)7-10/h3-4,7-9H,5-6H2,1-2H3,(H,15,18)(H,16,17). The van der Waals surface area contributed by atoms with E-state index in [1.165, 1.54) is 17.8 Å². The van der Waals surface area contributed by atoms with Gasteiger partial charge in [-0.2, -0.15) is 0 Å². The molecule has 0 amide bonds. The minimum absolute atomic E-state index is 0.0942. The van der Waals surface area contributed by atoms with Crippen LogP contribution in [-0.2, 0) is 6.42 Å². The summed E-state index contributed by atoms with van der Waals surface area (Å²) in [6.07, 6.45) is 3.90. The van der Waals surface area contributed by atoms with Crippen LogP contribution in [-0.4, -0.2) is 15.0 Å². The van der Waals surface area contributed by atoms with Crippen molar-refractivity contribution in [3.8, 4) is 11.4 Å². The van der Waals surface area contributed by atoms with E-state index in [1.807, 2.05) is 6.07 Å². The van der Waals surface area contributed by atoms with Gasteiger partial charge in [-0.15, -0.1) is 0 Å². The first-order chi connectivity index (χ1) is 8.63. The van der Waals surface area contributed by atoms with E-state index in [1.54, 1.807) is 12.3 Å². The summed E-state index contributed by atoms with van der Waals surface area (Å²) in [7, 11) is 0. The molecule has 0 fully saturated rings. The van der Waals surface area contributed by atoms with Crippen molar-refractivity contribution in [2.75, 3.05) is 0 Å². The second-order valence-electron chi connectivity index (χ2n) is 5.34. The number of H-pyrrole nitrogens is 2. The Bertz CT molecular complexity index is 626. The maximum atomic E-state index is 11.3. The lowest BCUT2D eigenvalue weighted by Crippen LogP contribution is -2.14. The van der Waals surface area contributed by atoms with Crippen LogP contribution in [0.2, 0.25) is 0 Å². The van der Waals surface area contributed by atoms with Crippen molar-refractivity contribution in [3.63, 3.8) is 0 Å². The highest BCUT2D eigenvalue weighted by atomic mass is 16.1. The summed E-state index contributed by atoms with van der Waals surface area (Å²) in [5.74, 6) is 2.00. The number of fused-ring (bicyclic) bond motifs is 1. The molecule has 0 saturated heterocycles. The van der Waals surface area contributed by atoms with Crippen LogP contribution in [0.3, 0.4) is 0 Å². The number of hydrogen-bond acceptors (Lipinski definition) is 2. The topological polar surface area (TPSA) is 61.5 Å². The second-order valence-corrected chi connectivity index (χ2v) is 5.34. The molecule has 18 heavy (non-hydrogen) atoms. The molecule has 2 atom stereocenters.